The topological polar surface area (TPSA) is 63.2 Å². The number of nitrogens with one attached hydrogen (secondary N) is 2. The zero-order chi connectivity index (χ0) is 18.5. The van der Waals surface area contributed by atoms with E-state index in [2.05, 4.69) is 27.8 Å². The van der Waals surface area contributed by atoms with Crippen LogP contribution in [0.15, 0.2) is 79.0 Å². The van der Waals surface area contributed by atoms with Crippen LogP contribution in [0, 0.1) is 5.92 Å². The van der Waals surface area contributed by atoms with E-state index in [1.807, 2.05) is 54.6 Å². The Bertz CT molecular complexity index is 900. The molecule has 1 fully saturated rings. The summed E-state index contributed by atoms with van der Waals surface area (Å²) in [7, 11) is 0. The van der Waals surface area contributed by atoms with Gasteiger partial charge in [0.1, 0.15) is 5.75 Å². The van der Waals surface area contributed by atoms with Crippen molar-refractivity contribution in [2.45, 2.75) is 5.92 Å². The Morgan fingerprint density at radius 1 is 1.00 bits per heavy atom. The molecule has 2 N–H and O–H groups in total. The SMILES string of the molecule is O=C(Nc1cccc(Oc2ccccn2)c1)[C@@H]1CNC[C@H]1c1ccccc1. The van der Waals surface area contributed by atoms with Gasteiger partial charge in [-0.15, -0.1) is 0 Å². The third-order valence-corrected chi connectivity index (χ3v) is 4.74. The second-order valence-electron chi connectivity index (χ2n) is 6.57. The van der Waals surface area contributed by atoms with Gasteiger partial charge in [0.25, 0.3) is 0 Å². The van der Waals surface area contributed by atoms with Crippen molar-refractivity contribution < 1.29 is 9.53 Å². The summed E-state index contributed by atoms with van der Waals surface area (Å²) in [6.07, 6.45) is 1.68. The smallest absolute Gasteiger partial charge is 0.229 e. The summed E-state index contributed by atoms with van der Waals surface area (Å²) >= 11 is 0. The van der Waals surface area contributed by atoms with Gasteiger partial charge in [0.05, 0.1) is 5.92 Å². The van der Waals surface area contributed by atoms with Crippen molar-refractivity contribution in [1.82, 2.24) is 10.3 Å². The highest BCUT2D eigenvalue weighted by atomic mass is 16.5. The minimum absolute atomic E-state index is 0.0174. The number of pyridine rings is 1. The Kier molecular flexibility index (Phi) is 5.12. The molecule has 0 unspecified atom stereocenters. The van der Waals surface area contributed by atoms with Crippen LogP contribution in [-0.2, 0) is 4.79 Å². The zero-order valence-corrected chi connectivity index (χ0v) is 14.8. The predicted molar refractivity (Wildman–Crippen MR) is 105 cm³/mol. The van der Waals surface area contributed by atoms with E-state index in [0.29, 0.717) is 23.9 Å². The number of hydrogen-bond acceptors (Lipinski definition) is 4. The van der Waals surface area contributed by atoms with Gasteiger partial charge in [0.15, 0.2) is 0 Å². The van der Waals surface area contributed by atoms with Crippen LogP contribution < -0.4 is 15.4 Å². The van der Waals surface area contributed by atoms with Gasteiger partial charge in [-0.05, 0) is 23.8 Å². The first-order valence-corrected chi connectivity index (χ1v) is 9.05. The molecule has 1 saturated heterocycles. The highest BCUT2D eigenvalue weighted by molar-refractivity contribution is 5.93. The first-order chi connectivity index (χ1) is 13.3. The van der Waals surface area contributed by atoms with Gasteiger partial charge in [-0.1, -0.05) is 42.5 Å². The van der Waals surface area contributed by atoms with Crippen LogP contribution in [-0.4, -0.2) is 24.0 Å². The molecule has 1 aliphatic heterocycles. The second-order valence-corrected chi connectivity index (χ2v) is 6.57. The van der Waals surface area contributed by atoms with Crippen LogP contribution in [0.5, 0.6) is 11.6 Å². The summed E-state index contributed by atoms with van der Waals surface area (Å²) in [5, 5.41) is 6.37. The molecule has 27 heavy (non-hydrogen) atoms. The third-order valence-electron chi connectivity index (χ3n) is 4.74. The van der Waals surface area contributed by atoms with E-state index in [9.17, 15) is 4.79 Å². The summed E-state index contributed by atoms with van der Waals surface area (Å²) in [5.41, 5.74) is 1.90. The molecule has 2 atom stereocenters. The Labute approximate surface area is 158 Å². The van der Waals surface area contributed by atoms with Crippen LogP contribution >= 0.6 is 0 Å². The van der Waals surface area contributed by atoms with E-state index in [0.717, 1.165) is 6.54 Å². The lowest BCUT2D eigenvalue weighted by Crippen LogP contribution is -2.28. The molecule has 0 radical (unpaired) electrons. The van der Waals surface area contributed by atoms with Gasteiger partial charge in [0, 0.05) is 43.0 Å². The number of anilines is 1. The van der Waals surface area contributed by atoms with Crippen LogP contribution in [0.4, 0.5) is 5.69 Å². The normalized spacial score (nSPS) is 18.8. The molecule has 1 amide bonds. The van der Waals surface area contributed by atoms with Crippen molar-refractivity contribution in [3.63, 3.8) is 0 Å². The van der Waals surface area contributed by atoms with Crippen molar-refractivity contribution in [2.24, 2.45) is 5.92 Å². The summed E-state index contributed by atoms with van der Waals surface area (Å²) < 4.78 is 5.74. The van der Waals surface area contributed by atoms with Crippen LogP contribution in [0.3, 0.4) is 0 Å². The van der Waals surface area contributed by atoms with Crippen LogP contribution in [0.25, 0.3) is 0 Å². The second kappa shape index (κ2) is 8.01. The molecule has 136 valence electrons. The van der Waals surface area contributed by atoms with Gasteiger partial charge in [-0.25, -0.2) is 4.98 Å². The minimum atomic E-state index is -0.104. The fourth-order valence-corrected chi connectivity index (χ4v) is 3.41. The number of nitrogens with zero attached hydrogens (tertiary/aromatic N) is 1. The fourth-order valence-electron chi connectivity index (χ4n) is 3.41. The molecular weight excluding hydrogens is 338 g/mol. The largest absolute Gasteiger partial charge is 0.439 e. The van der Waals surface area contributed by atoms with Crippen molar-refractivity contribution >= 4 is 11.6 Å². The number of carbonyl (C=O) groups excluding carboxylic acids is 1. The number of aromatic nitrogens is 1. The van der Waals surface area contributed by atoms with Gasteiger partial charge in [-0.2, -0.15) is 0 Å². The molecule has 4 rings (SSSR count). The van der Waals surface area contributed by atoms with E-state index in [1.165, 1.54) is 5.56 Å². The monoisotopic (exact) mass is 359 g/mol. The molecule has 0 aliphatic carbocycles. The lowest BCUT2D eigenvalue weighted by atomic mass is 9.88. The van der Waals surface area contributed by atoms with Gasteiger partial charge < -0.3 is 15.4 Å². The fraction of sp³-hybridized carbons (Fsp3) is 0.182. The molecule has 0 saturated carbocycles. The highest BCUT2D eigenvalue weighted by Crippen LogP contribution is 2.30. The van der Waals surface area contributed by atoms with E-state index >= 15 is 0 Å². The van der Waals surface area contributed by atoms with Gasteiger partial charge >= 0.3 is 0 Å². The van der Waals surface area contributed by atoms with Crippen molar-refractivity contribution in [3.05, 3.63) is 84.6 Å². The summed E-state index contributed by atoms with van der Waals surface area (Å²) in [6.45, 7) is 1.49. The van der Waals surface area contributed by atoms with Gasteiger partial charge in [-0.3, -0.25) is 4.79 Å². The van der Waals surface area contributed by atoms with E-state index in [1.54, 1.807) is 12.3 Å². The molecule has 1 aliphatic rings. The minimum Gasteiger partial charge on any atom is -0.439 e. The maximum Gasteiger partial charge on any atom is 0.229 e. The number of hydrogen-bond donors (Lipinski definition) is 2. The number of amides is 1. The number of ether oxygens (including phenoxy) is 1. The van der Waals surface area contributed by atoms with Crippen molar-refractivity contribution in [1.29, 1.82) is 0 Å². The summed E-state index contributed by atoms with van der Waals surface area (Å²) in [5.74, 6) is 1.25. The molecule has 3 aromatic rings. The Morgan fingerprint density at radius 3 is 2.67 bits per heavy atom. The molecule has 0 bridgehead atoms. The van der Waals surface area contributed by atoms with Crippen LogP contribution in [0.1, 0.15) is 11.5 Å². The predicted octanol–water partition coefficient (Wildman–Crippen LogP) is 3.82. The number of rotatable bonds is 5. The summed E-state index contributed by atoms with van der Waals surface area (Å²) in [6, 6.07) is 23.1. The van der Waals surface area contributed by atoms with Crippen molar-refractivity contribution in [2.75, 3.05) is 18.4 Å². The maximum absolute atomic E-state index is 12.9. The quantitative estimate of drug-likeness (QED) is 0.727. The summed E-state index contributed by atoms with van der Waals surface area (Å²) in [4.78, 5) is 17.0. The highest BCUT2D eigenvalue weighted by Gasteiger charge is 2.33. The first kappa shape index (κ1) is 17.2. The third kappa shape index (κ3) is 4.15. The standard InChI is InChI=1S/C22H21N3O2/c26-22(20-15-23-14-19(20)16-7-2-1-3-8-16)25-17-9-6-10-18(13-17)27-21-11-4-5-12-24-21/h1-13,19-20,23H,14-15H2,(H,25,26)/t19-,20+/m0/s1. The molecule has 0 spiro atoms. The van der Waals surface area contributed by atoms with Crippen molar-refractivity contribution in [3.8, 4) is 11.6 Å². The van der Waals surface area contributed by atoms with E-state index in [-0.39, 0.29) is 17.7 Å². The zero-order valence-electron chi connectivity index (χ0n) is 14.8. The average Bonchev–Trinajstić information content (AvgIpc) is 3.20. The molecule has 5 nitrogen and oxygen atoms in total. The van der Waals surface area contributed by atoms with Crippen LogP contribution in [0.2, 0.25) is 0 Å². The maximum atomic E-state index is 12.9. The molecular formula is C22H21N3O2. The van der Waals surface area contributed by atoms with E-state index in [4.69, 9.17) is 4.74 Å². The molecule has 2 heterocycles. The van der Waals surface area contributed by atoms with E-state index < -0.39 is 0 Å². The molecule has 5 heteroatoms. The van der Waals surface area contributed by atoms with Gasteiger partial charge in [0.2, 0.25) is 11.8 Å². The molecule has 1 aromatic heterocycles. The Balaban J connectivity index is 1.45. The lowest BCUT2D eigenvalue weighted by Gasteiger charge is -2.18. The lowest BCUT2D eigenvalue weighted by molar-refractivity contribution is -0.119. The molecule has 2 aromatic carbocycles. The Morgan fingerprint density at radius 2 is 1.85 bits per heavy atom. The number of carbonyl (C=O) groups is 1. The Hall–Kier alpha value is -3.18. The first-order valence-electron chi connectivity index (χ1n) is 9.05. The number of benzene rings is 2. The average molecular weight is 359 g/mol.